The van der Waals surface area contributed by atoms with E-state index >= 15 is 0 Å². The zero-order valence-corrected chi connectivity index (χ0v) is 9.27. The Morgan fingerprint density at radius 3 is 2.61 bits per heavy atom. The van der Waals surface area contributed by atoms with Gasteiger partial charge in [0.15, 0.2) is 0 Å². The van der Waals surface area contributed by atoms with Gasteiger partial charge in [0.1, 0.15) is 17.3 Å². The second-order valence-corrected chi connectivity index (χ2v) is 3.60. The Hall–Kier alpha value is -2.25. The number of hydrogen-bond acceptors (Lipinski definition) is 3. The molecule has 5 nitrogen and oxygen atoms in total. The van der Waals surface area contributed by atoms with E-state index in [0.717, 1.165) is 12.1 Å². The van der Waals surface area contributed by atoms with Gasteiger partial charge < -0.3 is 5.73 Å². The topological polar surface area (TPSA) is 65.8 Å². The molecule has 0 fully saturated rings. The van der Waals surface area contributed by atoms with E-state index < -0.39 is 18.1 Å². The second-order valence-electron chi connectivity index (χ2n) is 3.60. The smallest absolute Gasteiger partial charge is 0.355 e. The number of aryl methyl sites for hydroxylation is 1. The van der Waals surface area contributed by atoms with Crippen molar-refractivity contribution in [3.8, 4) is 5.69 Å². The fourth-order valence-corrected chi connectivity index (χ4v) is 1.55. The number of hydrogen-bond donors (Lipinski definition) is 1. The number of nitrogen functional groups attached to an aromatic ring is 1. The zero-order valence-electron chi connectivity index (χ0n) is 9.27. The fourth-order valence-electron chi connectivity index (χ4n) is 1.55. The Kier molecular flexibility index (Phi) is 2.85. The molecule has 8 heteroatoms. The average Bonchev–Trinajstić information content (AvgIpc) is 2.57. The minimum Gasteiger partial charge on any atom is -0.399 e. The van der Waals surface area contributed by atoms with Crippen LogP contribution in [0.25, 0.3) is 5.69 Å². The first kappa shape index (κ1) is 12.2. The predicted octanol–water partition coefficient (Wildman–Crippen LogP) is 1.46. The average molecular weight is 258 g/mol. The van der Waals surface area contributed by atoms with Crippen molar-refractivity contribution in [3.05, 3.63) is 40.3 Å². The summed E-state index contributed by atoms with van der Waals surface area (Å²) < 4.78 is 39.4. The summed E-state index contributed by atoms with van der Waals surface area (Å²) >= 11 is 0. The van der Waals surface area contributed by atoms with Crippen LogP contribution in [0.4, 0.5) is 18.9 Å². The van der Waals surface area contributed by atoms with E-state index in [9.17, 15) is 18.0 Å². The monoisotopic (exact) mass is 258 g/mol. The SMILES string of the molecule is Cc1nn(-c2cc(N)ccc2F)c(=O)n1C(F)F. The minimum atomic E-state index is -3.03. The van der Waals surface area contributed by atoms with Crippen LogP contribution < -0.4 is 11.4 Å². The Morgan fingerprint density at radius 2 is 2.06 bits per heavy atom. The molecule has 0 unspecified atom stereocenters. The van der Waals surface area contributed by atoms with E-state index in [0.29, 0.717) is 4.68 Å². The summed E-state index contributed by atoms with van der Waals surface area (Å²) in [5, 5.41) is 3.60. The summed E-state index contributed by atoms with van der Waals surface area (Å²) in [5.41, 5.74) is 4.27. The van der Waals surface area contributed by atoms with Crippen molar-refractivity contribution in [2.75, 3.05) is 5.73 Å². The summed E-state index contributed by atoms with van der Waals surface area (Å²) in [6, 6.07) is 3.48. The molecule has 0 amide bonds. The van der Waals surface area contributed by atoms with Gasteiger partial charge in [0, 0.05) is 5.69 Å². The summed E-state index contributed by atoms with van der Waals surface area (Å²) in [6.07, 6.45) is 0. The minimum absolute atomic E-state index is 0.169. The highest BCUT2D eigenvalue weighted by Gasteiger charge is 2.19. The molecule has 96 valence electrons. The first-order valence-electron chi connectivity index (χ1n) is 4.93. The van der Waals surface area contributed by atoms with Gasteiger partial charge in [0.25, 0.3) is 0 Å². The number of aromatic nitrogens is 3. The number of nitrogens with two attached hydrogens (primary N) is 1. The van der Waals surface area contributed by atoms with Crippen molar-refractivity contribution >= 4 is 5.69 Å². The van der Waals surface area contributed by atoms with Gasteiger partial charge in [-0.1, -0.05) is 0 Å². The van der Waals surface area contributed by atoms with E-state index in [-0.39, 0.29) is 21.8 Å². The predicted molar refractivity (Wildman–Crippen MR) is 58.2 cm³/mol. The van der Waals surface area contributed by atoms with Crippen LogP contribution in [0.5, 0.6) is 0 Å². The van der Waals surface area contributed by atoms with Crippen molar-refractivity contribution in [1.29, 1.82) is 0 Å². The van der Waals surface area contributed by atoms with Crippen molar-refractivity contribution in [3.63, 3.8) is 0 Å². The van der Waals surface area contributed by atoms with Gasteiger partial charge in [0.05, 0.1) is 0 Å². The van der Waals surface area contributed by atoms with Crippen LogP contribution in [0.2, 0.25) is 0 Å². The molecule has 0 bridgehead atoms. The molecule has 0 aliphatic carbocycles. The quantitative estimate of drug-likeness (QED) is 0.829. The molecule has 2 aromatic rings. The highest BCUT2D eigenvalue weighted by atomic mass is 19.3. The van der Waals surface area contributed by atoms with Crippen molar-refractivity contribution in [1.82, 2.24) is 14.3 Å². The third-order valence-electron chi connectivity index (χ3n) is 2.37. The van der Waals surface area contributed by atoms with Crippen LogP contribution in [0.3, 0.4) is 0 Å². The highest BCUT2D eigenvalue weighted by Crippen LogP contribution is 2.16. The maximum Gasteiger partial charge on any atom is 0.355 e. The maximum absolute atomic E-state index is 13.5. The standard InChI is InChI=1S/C10H9F3N4O/c1-5-15-17(10(18)16(5)9(12)13)8-4-6(14)2-3-7(8)11/h2-4,9H,14H2,1H3. The van der Waals surface area contributed by atoms with Crippen LogP contribution in [-0.2, 0) is 0 Å². The number of benzene rings is 1. The zero-order chi connectivity index (χ0) is 13.4. The molecule has 0 saturated carbocycles. The maximum atomic E-state index is 13.5. The molecule has 2 rings (SSSR count). The molecule has 2 N–H and O–H groups in total. The van der Waals surface area contributed by atoms with Crippen LogP contribution in [0, 0.1) is 12.7 Å². The third-order valence-corrected chi connectivity index (χ3v) is 2.37. The number of rotatable bonds is 2. The molecule has 0 spiro atoms. The lowest BCUT2D eigenvalue weighted by atomic mass is 10.3. The first-order valence-corrected chi connectivity index (χ1v) is 4.93. The van der Waals surface area contributed by atoms with E-state index in [1.54, 1.807) is 0 Å². The summed E-state index contributed by atoms with van der Waals surface area (Å²) in [5.74, 6) is -0.984. The second kappa shape index (κ2) is 4.21. The van der Waals surface area contributed by atoms with Crippen molar-refractivity contribution in [2.24, 2.45) is 0 Å². The van der Waals surface area contributed by atoms with E-state index in [1.165, 1.54) is 13.0 Å². The van der Waals surface area contributed by atoms with Gasteiger partial charge in [-0.05, 0) is 25.1 Å². The molecule has 0 atom stereocenters. The molecule has 1 heterocycles. The Labute approximate surface area is 99.3 Å². The summed E-state index contributed by atoms with van der Waals surface area (Å²) in [4.78, 5) is 11.7. The Balaban J connectivity index is 2.69. The normalized spacial score (nSPS) is 11.2. The molecule has 1 aromatic heterocycles. The lowest BCUT2D eigenvalue weighted by Crippen LogP contribution is -2.25. The van der Waals surface area contributed by atoms with Crippen LogP contribution in [-0.4, -0.2) is 14.3 Å². The van der Waals surface area contributed by atoms with Crippen LogP contribution in [0.1, 0.15) is 12.4 Å². The Morgan fingerprint density at radius 1 is 1.39 bits per heavy atom. The molecule has 0 saturated heterocycles. The van der Waals surface area contributed by atoms with E-state index in [1.807, 2.05) is 0 Å². The van der Waals surface area contributed by atoms with Gasteiger partial charge >= 0.3 is 12.2 Å². The first-order chi connectivity index (χ1) is 8.41. The van der Waals surface area contributed by atoms with Crippen LogP contribution >= 0.6 is 0 Å². The molecule has 0 aliphatic rings. The van der Waals surface area contributed by atoms with E-state index in [4.69, 9.17) is 5.73 Å². The lowest BCUT2D eigenvalue weighted by Gasteiger charge is -2.02. The fraction of sp³-hybridized carbons (Fsp3) is 0.200. The van der Waals surface area contributed by atoms with Gasteiger partial charge in [-0.3, -0.25) is 0 Å². The Bertz CT molecular complexity index is 647. The highest BCUT2D eigenvalue weighted by molar-refractivity contribution is 5.47. The van der Waals surface area contributed by atoms with Crippen molar-refractivity contribution in [2.45, 2.75) is 13.5 Å². The molecule has 0 radical (unpaired) electrons. The summed E-state index contributed by atoms with van der Waals surface area (Å²) in [7, 11) is 0. The molecule has 18 heavy (non-hydrogen) atoms. The molecular formula is C10H9F3N4O. The van der Waals surface area contributed by atoms with Crippen molar-refractivity contribution < 1.29 is 13.2 Å². The van der Waals surface area contributed by atoms with Gasteiger partial charge in [-0.25, -0.2) is 13.8 Å². The third kappa shape index (κ3) is 1.85. The molecular weight excluding hydrogens is 249 g/mol. The van der Waals surface area contributed by atoms with Gasteiger partial charge in [-0.15, -0.1) is 5.10 Å². The molecule has 0 aliphatic heterocycles. The lowest BCUT2D eigenvalue weighted by molar-refractivity contribution is 0.0640. The van der Waals surface area contributed by atoms with E-state index in [2.05, 4.69) is 5.10 Å². The number of halogens is 3. The van der Waals surface area contributed by atoms with Crippen LogP contribution in [0.15, 0.2) is 23.0 Å². The molecule has 1 aromatic carbocycles. The number of alkyl halides is 2. The number of anilines is 1. The van der Waals surface area contributed by atoms with Gasteiger partial charge in [0.2, 0.25) is 0 Å². The number of nitrogens with zero attached hydrogens (tertiary/aromatic N) is 3. The largest absolute Gasteiger partial charge is 0.399 e. The summed E-state index contributed by atoms with van der Waals surface area (Å²) in [6.45, 7) is -1.80. The van der Waals surface area contributed by atoms with Gasteiger partial charge in [-0.2, -0.15) is 13.5 Å².